The van der Waals surface area contributed by atoms with Gasteiger partial charge in [-0.25, -0.2) is 0 Å². The molecule has 0 saturated heterocycles. The van der Waals surface area contributed by atoms with E-state index in [0.29, 0.717) is 6.61 Å². The molecule has 156 valence electrons. The predicted molar refractivity (Wildman–Crippen MR) is 132 cm³/mol. The van der Waals surface area contributed by atoms with Crippen LogP contribution in [0.4, 0.5) is 0 Å². The van der Waals surface area contributed by atoms with Crippen LogP contribution in [0.2, 0.25) is 0 Å². The minimum absolute atomic E-state index is 0.592. The van der Waals surface area contributed by atoms with Gasteiger partial charge in [-0.1, -0.05) is 91.2 Å². The first-order valence-corrected chi connectivity index (χ1v) is 10.9. The number of hydrogen-bond donors (Lipinski definition) is 0. The highest BCUT2D eigenvalue weighted by molar-refractivity contribution is 5.48. The molecule has 31 heavy (non-hydrogen) atoms. The van der Waals surface area contributed by atoms with E-state index < -0.39 is 0 Å². The van der Waals surface area contributed by atoms with Gasteiger partial charge < -0.3 is 4.74 Å². The van der Waals surface area contributed by atoms with Crippen molar-refractivity contribution in [3.8, 4) is 11.8 Å². The highest BCUT2D eigenvalue weighted by atomic mass is 16.5. The van der Waals surface area contributed by atoms with E-state index in [1.807, 2.05) is 25.1 Å². The molecule has 0 aliphatic rings. The fourth-order valence-electron chi connectivity index (χ4n) is 3.27. The topological polar surface area (TPSA) is 9.23 Å². The average Bonchev–Trinajstić information content (AvgIpc) is 2.83. The average molecular weight is 407 g/mol. The Morgan fingerprint density at radius 2 is 1.52 bits per heavy atom. The minimum atomic E-state index is 0.592. The van der Waals surface area contributed by atoms with E-state index in [2.05, 4.69) is 91.2 Å². The van der Waals surface area contributed by atoms with E-state index in [9.17, 15) is 0 Å². The number of allylic oxidation sites excluding steroid dienone is 1. The molecule has 0 aliphatic heterocycles. The van der Waals surface area contributed by atoms with Crippen LogP contribution in [0, 0.1) is 11.8 Å². The summed E-state index contributed by atoms with van der Waals surface area (Å²) in [5.74, 6) is 6.62. The highest BCUT2D eigenvalue weighted by Gasteiger charge is 2.00. The predicted octanol–water partition coefficient (Wildman–Crippen LogP) is 7.00. The molecular weight excluding hydrogens is 376 g/mol. The first-order chi connectivity index (χ1) is 15.3. The Balaban J connectivity index is 1.57. The third-order valence-electron chi connectivity index (χ3n) is 5.15. The summed E-state index contributed by atoms with van der Waals surface area (Å²) in [6.45, 7) is 7.15. The molecule has 0 bridgehead atoms. The second-order valence-electron chi connectivity index (χ2n) is 7.46. The van der Waals surface area contributed by atoms with Crippen LogP contribution in [0.1, 0.15) is 46.7 Å². The maximum atomic E-state index is 5.78. The van der Waals surface area contributed by atoms with Crippen molar-refractivity contribution in [1.82, 2.24) is 0 Å². The zero-order valence-corrected chi connectivity index (χ0v) is 18.3. The summed E-state index contributed by atoms with van der Waals surface area (Å²) in [7, 11) is 0. The van der Waals surface area contributed by atoms with Crippen LogP contribution >= 0.6 is 0 Å². The maximum Gasteiger partial charge on any atom is 0.0729 e. The molecule has 0 spiro atoms. The van der Waals surface area contributed by atoms with Gasteiger partial charge in [0.15, 0.2) is 0 Å². The van der Waals surface area contributed by atoms with Crippen molar-refractivity contribution in [3.63, 3.8) is 0 Å². The van der Waals surface area contributed by atoms with E-state index in [1.54, 1.807) is 0 Å². The van der Waals surface area contributed by atoms with E-state index in [0.717, 1.165) is 48.1 Å². The van der Waals surface area contributed by atoms with Gasteiger partial charge in [0.2, 0.25) is 0 Å². The lowest BCUT2D eigenvalue weighted by Gasteiger charge is -2.05. The second-order valence-corrected chi connectivity index (χ2v) is 7.46. The number of hydrogen-bond acceptors (Lipinski definition) is 1. The molecule has 3 aromatic carbocycles. The molecule has 0 amide bonds. The van der Waals surface area contributed by atoms with Crippen molar-refractivity contribution in [2.24, 2.45) is 0 Å². The molecule has 0 atom stereocenters. The molecule has 0 saturated carbocycles. The molecular formula is C30H30O. The zero-order chi connectivity index (χ0) is 21.7. The van der Waals surface area contributed by atoms with Gasteiger partial charge in [-0.15, -0.1) is 0 Å². The van der Waals surface area contributed by atoms with Crippen molar-refractivity contribution < 1.29 is 4.74 Å². The number of benzene rings is 3. The Kier molecular flexibility index (Phi) is 8.92. The van der Waals surface area contributed by atoms with Gasteiger partial charge in [-0.05, 0) is 66.6 Å². The zero-order valence-electron chi connectivity index (χ0n) is 18.3. The summed E-state index contributed by atoms with van der Waals surface area (Å²) in [6.07, 6.45) is 9.04. The third kappa shape index (κ3) is 7.45. The summed E-state index contributed by atoms with van der Waals surface area (Å²) in [4.78, 5) is 0. The van der Waals surface area contributed by atoms with Gasteiger partial charge in [0.05, 0.1) is 13.2 Å². The standard InChI is InChI=1S/C30H30O/c1-3-5-8-23-31-24-30-10-7-6-9-29(30)22-21-28-19-17-27(18-20-28)16-15-26-13-11-25(4-2)12-14-26/h3-7,9-14,17-20H,2,8,15-16,23-24H2,1H3/b5-3+. The SMILES string of the molecule is C=Cc1ccc(CCc2ccc(C#Cc3ccccc3COCC/C=C/C)cc2)cc1. The molecule has 0 fully saturated rings. The van der Waals surface area contributed by atoms with E-state index in [-0.39, 0.29) is 0 Å². The third-order valence-corrected chi connectivity index (χ3v) is 5.15. The van der Waals surface area contributed by atoms with Crippen LogP contribution in [-0.4, -0.2) is 6.61 Å². The Morgan fingerprint density at radius 3 is 2.19 bits per heavy atom. The van der Waals surface area contributed by atoms with Crippen LogP contribution in [-0.2, 0) is 24.2 Å². The van der Waals surface area contributed by atoms with Gasteiger partial charge >= 0.3 is 0 Å². The monoisotopic (exact) mass is 406 g/mol. The maximum absolute atomic E-state index is 5.78. The molecule has 0 aromatic heterocycles. The van der Waals surface area contributed by atoms with E-state index in [4.69, 9.17) is 4.74 Å². The lowest BCUT2D eigenvalue weighted by atomic mass is 10.0. The molecule has 0 radical (unpaired) electrons. The van der Waals surface area contributed by atoms with E-state index >= 15 is 0 Å². The molecule has 1 heteroatoms. The Bertz CT molecular complexity index is 1040. The smallest absolute Gasteiger partial charge is 0.0729 e. The molecule has 1 nitrogen and oxygen atoms in total. The van der Waals surface area contributed by atoms with Gasteiger partial charge in [0.25, 0.3) is 0 Å². The Morgan fingerprint density at radius 1 is 0.839 bits per heavy atom. The second kappa shape index (κ2) is 12.4. The molecule has 0 aliphatic carbocycles. The number of aryl methyl sites for hydroxylation is 2. The van der Waals surface area contributed by atoms with Crippen LogP contribution in [0.15, 0.2) is 91.5 Å². The largest absolute Gasteiger partial charge is 0.376 e. The summed E-state index contributed by atoms with van der Waals surface area (Å²) in [5.41, 5.74) is 7.03. The summed E-state index contributed by atoms with van der Waals surface area (Å²) in [6, 6.07) is 25.4. The van der Waals surface area contributed by atoms with Crippen molar-refractivity contribution in [1.29, 1.82) is 0 Å². The van der Waals surface area contributed by atoms with Crippen molar-refractivity contribution in [3.05, 3.63) is 125 Å². The van der Waals surface area contributed by atoms with Crippen LogP contribution in [0.3, 0.4) is 0 Å². The first kappa shape index (κ1) is 22.3. The Labute approximate surface area is 187 Å². The molecule has 3 aromatic rings. The lowest BCUT2D eigenvalue weighted by molar-refractivity contribution is 0.125. The minimum Gasteiger partial charge on any atom is -0.376 e. The summed E-state index contributed by atoms with van der Waals surface area (Å²) < 4.78 is 5.78. The molecule has 0 heterocycles. The van der Waals surface area contributed by atoms with Crippen molar-refractivity contribution >= 4 is 6.08 Å². The van der Waals surface area contributed by atoms with Crippen LogP contribution in [0.5, 0.6) is 0 Å². The summed E-state index contributed by atoms with van der Waals surface area (Å²) >= 11 is 0. The first-order valence-electron chi connectivity index (χ1n) is 10.9. The molecule has 0 N–H and O–H groups in total. The fourth-order valence-corrected chi connectivity index (χ4v) is 3.27. The van der Waals surface area contributed by atoms with E-state index in [1.165, 1.54) is 11.1 Å². The number of ether oxygens (including phenoxy) is 1. The van der Waals surface area contributed by atoms with Crippen molar-refractivity contribution in [2.45, 2.75) is 32.8 Å². The van der Waals surface area contributed by atoms with Gasteiger partial charge in [-0.3, -0.25) is 0 Å². The summed E-state index contributed by atoms with van der Waals surface area (Å²) in [5, 5.41) is 0. The van der Waals surface area contributed by atoms with Crippen LogP contribution in [0.25, 0.3) is 6.08 Å². The van der Waals surface area contributed by atoms with Gasteiger partial charge in [0, 0.05) is 11.1 Å². The van der Waals surface area contributed by atoms with Gasteiger partial charge in [0.1, 0.15) is 0 Å². The Hall–Kier alpha value is -3.34. The number of rotatable bonds is 9. The fraction of sp³-hybridized carbons (Fsp3) is 0.200. The van der Waals surface area contributed by atoms with Gasteiger partial charge in [-0.2, -0.15) is 0 Å². The normalized spacial score (nSPS) is 10.6. The highest BCUT2D eigenvalue weighted by Crippen LogP contribution is 2.12. The van der Waals surface area contributed by atoms with Crippen LogP contribution < -0.4 is 0 Å². The quantitative estimate of drug-likeness (QED) is 0.211. The van der Waals surface area contributed by atoms with Crippen molar-refractivity contribution in [2.75, 3.05) is 6.61 Å². The molecule has 0 unspecified atom stereocenters. The molecule has 3 rings (SSSR count). The lowest BCUT2D eigenvalue weighted by Crippen LogP contribution is -1.97.